The highest BCUT2D eigenvalue weighted by atomic mass is 16.6. The Kier molecular flexibility index (Phi) is 4.14. The zero-order valence-electron chi connectivity index (χ0n) is 12.1. The molecule has 0 aromatic heterocycles. The number of ether oxygens (including phenoxy) is 1. The van der Waals surface area contributed by atoms with Gasteiger partial charge < -0.3 is 4.74 Å². The molecule has 0 heterocycles. The Morgan fingerprint density at radius 2 is 1.95 bits per heavy atom. The van der Waals surface area contributed by atoms with Crippen LogP contribution in [0.1, 0.15) is 38.7 Å². The number of carbonyl (C=O) groups is 1. The van der Waals surface area contributed by atoms with Crippen molar-refractivity contribution in [2.45, 2.75) is 44.8 Å². The Balaban J connectivity index is 2.10. The van der Waals surface area contributed by atoms with Crippen LogP contribution in [0.3, 0.4) is 0 Å². The number of hydroxylamine groups is 2. The molecule has 4 heteroatoms. The Morgan fingerprint density at radius 1 is 1.30 bits per heavy atom. The number of hydrogen-bond donors (Lipinski definition) is 1. The lowest BCUT2D eigenvalue weighted by Gasteiger charge is -2.30. The molecule has 0 bridgehead atoms. The van der Waals surface area contributed by atoms with Gasteiger partial charge in [0.05, 0.1) is 6.04 Å². The molecule has 0 fully saturated rings. The number of rotatable bonds is 2. The molecule has 0 unspecified atom stereocenters. The van der Waals surface area contributed by atoms with E-state index in [1.54, 1.807) is 20.8 Å². The highest BCUT2D eigenvalue weighted by Crippen LogP contribution is 2.32. The number of amides is 1. The Labute approximate surface area is 119 Å². The van der Waals surface area contributed by atoms with E-state index in [9.17, 15) is 10.0 Å². The van der Waals surface area contributed by atoms with Gasteiger partial charge in [-0.25, -0.2) is 4.79 Å². The molecule has 2 rings (SSSR count). The SMILES string of the molecule is CC(C)(C)OC(=O)N(O)[C@@H]1CC=C[C@H]1c1ccccc1. The van der Waals surface area contributed by atoms with Gasteiger partial charge in [-0.1, -0.05) is 42.5 Å². The summed E-state index contributed by atoms with van der Waals surface area (Å²) in [5, 5.41) is 10.9. The minimum absolute atomic E-state index is 0.00582. The smallest absolute Gasteiger partial charge is 0.434 e. The van der Waals surface area contributed by atoms with Crippen LogP contribution in [0.15, 0.2) is 42.5 Å². The first kappa shape index (κ1) is 14.6. The van der Waals surface area contributed by atoms with E-state index in [2.05, 4.69) is 0 Å². The maximum absolute atomic E-state index is 11.9. The lowest BCUT2D eigenvalue weighted by Crippen LogP contribution is -2.42. The van der Waals surface area contributed by atoms with Crippen LogP contribution in [0.2, 0.25) is 0 Å². The second kappa shape index (κ2) is 5.67. The Bertz CT molecular complexity index is 490. The van der Waals surface area contributed by atoms with Crippen LogP contribution in [-0.2, 0) is 4.74 Å². The third-order valence-electron chi connectivity index (χ3n) is 3.21. The molecule has 0 saturated heterocycles. The summed E-state index contributed by atoms with van der Waals surface area (Å²) in [4.78, 5) is 11.9. The first-order chi connectivity index (χ1) is 9.38. The van der Waals surface area contributed by atoms with E-state index in [1.807, 2.05) is 42.5 Å². The van der Waals surface area contributed by atoms with E-state index in [-0.39, 0.29) is 12.0 Å². The summed E-state index contributed by atoms with van der Waals surface area (Å²) in [6, 6.07) is 9.53. The minimum atomic E-state index is -0.702. The fourth-order valence-corrected chi connectivity index (χ4v) is 2.34. The highest BCUT2D eigenvalue weighted by Gasteiger charge is 2.34. The summed E-state index contributed by atoms with van der Waals surface area (Å²) in [6.07, 6.45) is 3.92. The predicted molar refractivity (Wildman–Crippen MR) is 76.6 cm³/mol. The van der Waals surface area contributed by atoms with Crippen molar-refractivity contribution in [1.82, 2.24) is 5.06 Å². The quantitative estimate of drug-likeness (QED) is 0.508. The van der Waals surface area contributed by atoms with Crippen molar-refractivity contribution in [3.63, 3.8) is 0 Å². The van der Waals surface area contributed by atoms with Crippen molar-refractivity contribution in [1.29, 1.82) is 0 Å². The van der Waals surface area contributed by atoms with Crippen molar-refractivity contribution in [2.24, 2.45) is 0 Å². The van der Waals surface area contributed by atoms with Crippen LogP contribution in [0.4, 0.5) is 4.79 Å². The highest BCUT2D eigenvalue weighted by molar-refractivity contribution is 5.67. The van der Waals surface area contributed by atoms with Gasteiger partial charge in [0.2, 0.25) is 0 Å². The average Bonchev–Trinajstić information content (AvgIpc) is 2.86. The van der Waals surface area contributed by atoms with E-state index in [4.69, 9.17) is 4.74 Å². The summed E-state index contributed by atoms with van der Waals surface area (Å²) in [5.74, 6) is -0.00582. The average molecular weight is 275 g/mol. The van der Waals surface area contributed by atoms with Crippen molar-refractivity contribution in [2.75, 3.05) is 0 Å². The van der Waals surface area contributed by atoms with E-state index in [0.717, 1.165) is 10.6 Å². The molecule has 0 aliphatic heterocycles. The number of nitrogens with zero attached hydrogens (tertiary/aromatic N) is 1. The van der Waals surface area contributed by atoms with Crippen molar-refractivity contribution in [3.8, 4) is 0 Å². The molecule has 0 radical (unpaired) electrons. The van der Waals surface area contributed by atoms with Gasteiger partial charge in [0, 0.05) is 5.92 Å². The number of benzene rings is 1. The second-order valence-corrected chi connectivity index (χ2v) is 5.99. The third kappa shape index (κ3) is 3.39. The second-order valence-electron chi connectivity index (χ2n) is 5.99. The molecule has 1 aliphatic carbocycles. The number of carbonyl (C=O) groups excluding carboxylic acids is 1. The number of hydrogen-bond acceptors (Lipinski definition) is 3. The zero-order valence-corrected chi connectivity index (χ0v) is 12.1. The normalized spacial score (nSPS) is 21.8. The van der Waals surface area contributed by atoms with Crippen LogP contribution in [0.25, 0.3) is 0 Å². The van der Waals surface area contributed by atoms with Crippen LogP contribution in [0, 0.1) is 0 Å². The van der Waals surface area contributed by atoms with Crippen LogP contribution >= 0.6 is 0 Å². The molecule has 1 N–H and O–H groups in total. The molecule has 108 valence electrons. The molecule has 2 atom stereocenters. The van der Waals surface area contributed by atoms with Gasteiger partial charge in [-0.15, -0.1) is 0 Å². The summed E-state index contributed by atoms with van der Waals surface area (Å²) in [7, 11) is 0. The first-order valence-electron chi connectivity index (χ1n) is 6.81. The summed E-state index contributed by atoms with van der Waals surface area (Å²) in [5.41, 5.74) is 0.459. The minimum Gasteiger partial charge on any atom is -0.442 e. The van der Waals surface area contributed by atoms with Gasteiger partial charge in [-0.3, -0.25) is 5.21 Å². The molecule has 1 aliphatic rings. The summed E-state index contributed by atoms with van der Waals surface area (Å²) in [6.45, 7) is 5.33. The third-order valence-corrected chi connectivity index (χ3v) is 3.21. The summed E-state index contributed by atoms with van der Waals surface area (Å²) < 4.78 is 5.21. The lowest BCUT2D eigenvalue weighted by molar-refractivity contribution is -0.120. The standard InChI is InChI=1S/C16H21NO3/c1-16(2,3)20-15(18)17(19)14-11-7-10-13(14)12-8-5-4-6-9-12/h4-10,13-14,19H,11H2,1-3H3/t13-,14+/m0/s1. The van der Waals surface area contributed by atoms with E-state index >= 15 is 0 Å². The monoisotopic (exact) mass is 275 g/mol. The van der Waals surface area contributed by atoms with Gasteiger partial charge in [-0.2, -0.15) is 5.06 Å². The first-order valence-corrected chi connectivity index (χ1v) is 6.81. The van der Waals surface area contributed by atoms with E-state index in [1.165, 1.54) is 0 Å². The molecular formula is C16H21NO3. The molecule has 20 heavy (non-hydrogen) atoms. The Hall–Kier alpha value is -1.81. The van der Waals surface area contributed by atoms with Gasteiger partial charge in [0.15, 0.2) is 0 Å². The fourth-order valence-electron chi connectivity index (χ4n) is 2.34. The zero-order chi connectivity index (χ0) is 14.8. The lowest BCUT2D eigenvalue weighted by atomic mass is 9.94. The van der Waals surface area contributed by atoms with Crippen molar-refractivity contribution < 1.29 is 14.7 Å². The van der Waals surface area contributed by atoms with Crippen molar-refractivity contribution in [3.05, 3.63) is 48.0 Å². The van der Waals surface area contributed by atoms with E-state index < -0.39 is 11.7 Å². The maximum atomic E-state index is 11.9. The maximum Gasteiger partial charge on any atom is 0.434 e. The molecular weight excluding hydrogens is 254 g/mol. The van der Waals surface area contributed by atoms with Crippen molar-refractivity contribution >= 4 is 6.09 Å². The van der Waals surface area contributed by atoms with Crippen LogP contribution < -0.4 is 0 Å². The summed E-state index contributed by atoms with van der Waals surface area (Å²) >= 11 is 0. The van der Waals surface area contributed by atoms with Gasteiger partial charge in [0.1, 0.15) is 5.60 Å². The largest absolute Gasteiger partial charge is 0.442 e. The van der Waals surface area contributed by atoms with Crippen LogP contribution in [0.5, 0.6) is 0 Å². The molecule has 0 saturated carbocycles. The topological polar surface area (TPSA) is 49.8 Å². The van der Waals surface area contributed by atoms with Crippen LogP contribution in [-0.4, -0.2) is 28.0 Å². The molecule has 4 nitrogen and oxygen atoms in total. The molecule has 1 amide bonds. The van der Waals surface area contributed by atoms with Gasteiger partial charge in [0.25, 0.3) is 0 Å². The van der Waals surface area contributed by atoms with E-state index in [0.29, 0.717) is 6.42 Å². The van der Waals surface area contributed by atoms with Gasteiger partial charge >= 0.3 is 6.09 Å². The van der Waals surface area contributed by atoms with Gasteiger partial charge in [-0.05, 0) is 32.8 Å². The molecule has 0 spiro atoms. The Morgan fingerprint density at radius 3 is 2.55 bits per heavy atom. The predicted octanol–water partition coefficient (Wildman–Crippen LogP) is 3.73. The fraction of sp³-hybridized carbons (Fsp3) is 0.438. The molecule has 1 aromatic rings. The molecule has 1 aromatic carbocycles.